The quantitative estimate of drug-likeness (QED) is 0.720. The first-order valence-corrected chi connectivity index (χ1v) is 10.2. The van der Waals surface area contributed by atoms with Crippen LogP contribution in [0.25, 0.3) is 0 Å². The van der Waals surface area contributed by atoms with Crippen LogP contribution in [0.1, 0.15) is 33.6 Å². The molecule has 4 atom stereocenters. The molecule has 8 heteroatoms. The number of hydrogen-bond acceptors (Lipinski definition) is 6. The van der Waals surface area contributed by atoms with Crippen LogP contribution in [0.15, 0.2) is 0 Å². The minimum absolute atomic E-state index is 0.0334. The number of fused-ring (bicyclic) bond motifs is 2. The van der Waals surface area contributed by atoms with Crippen molar-refractivity contribution in [2.75, 3.05) is 12.5 Å². The van der Waals surface area contributed by atoms with E-state index in [0.717, 1.165) is 12.5 Å². The first-order chi connectivity index (χ1) is 8.76. The van der Waals surface area contributed by atoms with Gasteiger partial charge in [0.1, 0.15) is 0 Å². The molecule has 0 heterocycles. The third-order valence-electron chi connectivity index (χ3n) is 5.24. The van der Waals surface area contributed by atoms with Crippen LogP contribution < -0.4 is 0 Å². The summed E-state index contributed by atoms with van der Waals surface area (Å²) in [6, 6.07) is 0. The average molecular weight is 326 g/mol. The zero-order chi connectivity index (χ0) is 15.6. The third-order valence-corrected chi connectivity index (χ3v) is 6.42. The first-order valence-electron chi connectivity index (χ1n) is 6.53. The molecule has 0 aliphatic heterocycles. The molecule has 0 N–H and O–H groups in total. The summed E-state index contributed by atoms with van der Waals surface area (Å²) in [4.78, 5) is 0. The first kappa shape index (κ1) is 16.2. The van der Waals surface area contributed by atoms with Crippen molar-refractivity contribution in [3.8, 4) is 0 Å². The van der Waals surface area contributed by atoms with E-state index in [4.69, 9.17) is 8.37 Å². The molecule has 0 aromatic carbocycles. The van der Waals surface area contributed by atoms with Crippen LogP contribution in [0, 0.1) is 16.7 Å². The Labute approximate surface area is 121 Å². The van der Waals surface area contributed by atoms with E-state index in [0.29, 0.717) is 12.8 Å². The van der Waals surface area contributed by atoms with E-state index >= 15 is 0 Å². The molecule has 0 aromatic rings. The summed E-state index contributed by atoms with van der Waals surface area (Å²) >= 11 is 0. The smallest absolute Gasteiger partial charge is 0.264 e. The highest BCUT2D eigenvalue weighted by atomic mass is 32.2. The number of hydrogen-bond donors (Lipinski definition) is 0. The second-order valence-electron chi connectivity index (χ2n) is 6.81. The van der Waals surface area contributed by atoms with Gasteiger partial charge >= 0.3 is 0 Å². The summed E-state index contributed by atoms with van der Waals surface area (Å²) in [7, 11) is -7.05. The van der Waals surface area contributed by atoms with Crippen LogP contribution in [0.2, 0.25) is 0 Å². The van der Waals surface area contributed by atoms with E-state index in [2.05, 4.69) is 0 Å². The van der Waals surface area contributed by atoms with Crippen LogP contribution in [-0.2, 0) is 28.6 Å². The highest BCUT2D eigenvalue weighted by molar-refractivity contribution is 7.86. The van der Waals surface area contributed by atoms with Crippen molar-refractivity contribution in [2.24, 2.45) is 16.7 Å². The predicted molar refractivity (Wildman–Crippen MR) is 74.0 cm³/mol. The molecule has 20 heavy (non-hydrogen) atoms. The van der Waals surface area contributed by atoms with Crippen LogP contribution in [0.3, 0.4) is 0 Å². The van der Waals surface area contributed by atoms with Gasteiger partial charge in [-0.05, 0) is 24.2 Å². The normalized spacial score (nSPS) is 40.1. The van der Waals surface area contributed by atoms with Crippen LogP contribution in [0.5, 0.6) is 0 Å². The second kappa shape index (κ2) is 4.41. The summed E-state index contributed by atoms with van der Waals surface area (Å²) in [5.41, 5.74) is -0.659. The summed E-state index contributed by atoms with van der Waals surface area (Å²) in [5, 5.41) is 0. The average Bonchev–Trinajstić information content (AvgIpc) is 2.43. The maximum absolute atomic E-state index is 11.4. The van der Waals surface area contributed by atoms with E-state index in [1.54, 1.807) is 0 Å². The molecule has 2 fully saturated rings. The number of rotatable bonds is 4. The summed E-state index contributed by atoms with van der Waals surface area (Å²) in [6.45, 7) is 6.00. The molecule has 0 radical (unpaired) electrons. The maximum atomic E-state index is 11.4. The summed E-state index contributed by atoms with van der Waals surface area (Å²) in [5.74, 6) is -0.0334. The molecular formula is C12H22O6S2. The van der Waals surface area contributed by atoms with Crippen LogP contribution >= 0.6 is 0 Å². The van der Waals surface area contributed by atoms with Gasteiger partial charge < -0.3 is 0 Å². The highest BCUT2D eigenvalue weighted by Crippen LogP contribution is 2.67. The van der Waals surface area contributed by atoms with Crippen molar-refractivity contribution in [1.29, 1.82) is 0 Å². The van der Waals surface area contributed by atoms with Crippen LogP contribution in [-0.4, -0.2) is 41.6 Å². The van der Waals surface area contributed by atoms with Gasteiger partial charge in [0.15, 0.2) is 0 Å². The van der Waals surface area contributed by atoms with Gasteiger partial charge in [0.2, 0.25) is 0 Å². The molecule has 0 amide bonds. The monoisotopic (exact) mass is 326 g/mol. The largest absolute Gasteiger partial charge is 0.267 e. The van der Waals surface area contributed by atoms with E-state index in [9.17, 15) is 16.8 Å². The third kappa shape index (κ3) is 2.63. The standard InChI is InChI=1S/C12H22O6S2/c1-11(2)8-6-10(18-20(5,15)16)12(11,3)7-9(8)17-19(4,13)14/h8-10H,6-7H2,1-5H3. The van der Waals surface area contributed by atoms with Crippen LogP contribution in [0.4, 0.5) is 0 Å². The van der Waals surface area contributed by atoms with E-state index < -0.39 is 37.9 Å². The molecule has 0 spiro atoms. The fourth-order valence-corrected chi connectivity index (χ4v) is 5.24. The SMILES string of the molecule is CC1(C)C2CC(OS(C)(=O)=O)C1(C)CC2OS(C)(=O)=O. The van der Waals surface area contributed by atoms with Gasteiger partial charge in [0, 0.05) is 5.41 Å². The lowest BCUT2D eigenvalue weighted by molar-refractivity contribution is 0.0198. The molecular weight excluding hydrogens is 304 g/mol. The zero-order valence-electron chi connectivity index (χ0n) is 12.4. The molecule has 2 rings (SSSR count). The Bertz CT molecular complexity index is 606. The van der Waals surface area contributed by atoms with Crippen molar-refractivity contribution in [2.45, 2.75) is 45.8 Å². The molecule has 6 nitrogen and oxygen atoms in total. The van der Waals surface area contributed by atoms with Gasteiger partial charge in [-0.3, -0.25) is 8.37 Å². The van der Waals surface area contributed by atoms with Crippen molar-refractivity contribution in [3.05, 3.63) is 0 Å². The molecule has 0 saturated heterocycles. The van der Waals surface area contributed by atoms with Gasteiger partial charge in [-0.15, -0.1) is 0 Å². The topological polar surface area (TPSA) is 86.7 Å². The van der Waals surface area contributed by atoms with Gasteiger partial charge in [0.05, 0.1) is 24.7 Å². The maximum Gasteiger partial charge on any atom is 0.264 e. The summed E-state index contributed by atoms with van der Waals surface area (Å²) in [6.07, 6.45) is 2.24. The van der Waals surface area contributed by atoms with E-state index in [1.807, 2.05) is 20.8 Å². The molecule has 2 bridgehead atoms. The molecule has 118 valence electrons. The molecule has 4 unspecified atom stereocenters. The van der Waals surface area contributed by atoms with Crippen molar-refractivity contribution >= 4 is 20.2 Å². The van der Waals surface area contributed by atoms with Gasteiger partial charge in [0.25, 0.3) is 20.2 Å². The predicted octanol–water partition coefficient (Wildman–Crippen LogP) is 1.13. The minimum atomic E-state index is -3.53. The van der Waals surface area contributed by atoms with E-state index in [-0.39, 0.29) is 11.3 Å². The van der Waals surface area contributed by atoms with Crippen molar-refractivity contribution < 1.29 is 25.2 Å². The molecule has 2 aliphatic carbocycles. The fraction of sp³-hybridized carbons (Fsp3) is 1.00. The minimum Gasteiger partial charge on any atom is -0.267 e. The van der Waals surface area contributed by atoms with Gasteiger partial charge in [-0.1, -0.05) is 20.8 Å². The van der Waals surface area contributed by atoms with Crippen molar-refractivity contribution in [3.63, 3.8) is 0 Å². The Hall–Kier alpha value is -0.180. The second-order valence-corrected chi connectivity index (χ2v) is 10.0. The summed E-state index contributed by atoms with van der Waals surface area (Å²) < 4.78 is 55.8. The Balaban J connectivity index is 2.28. The van der Waals surface area contributed by atoms with Gasteiger partial charge in [-0.2, -0.15) is 16.8 Å². The Morgan fingerprint density at radius 1 is 0.950 bits per heavy atom. The zero-order valence-corrected chi connectivity index (χ0v) is 14.0. The lowest BCUT2D eigenvalue weighted by Gasteiger charge is -2.38. The lowest BCUT2D eigenvalue weighted by atomic mass is 9.70. The highest BCUT2D eigenvalue weighted by Gasteiger charge is 2.67. The lowest BCUT2D eigenvalue weighted by Crippen LogP contribution is -2.39. The molecule has 0 aromatic heterocycles. The Morgan fingerprint density at radius 2 is 1.45 bits per heavy atom. The molecule has 2 aliphatic rings. The van der Waals surface area contributed by atoms with Gasteiger partial charge in [-0.25, -0.2) is 0 Å². The Kier molecular flexibility index (Phi) is 3.57. The molecule has 2 saturated carbocycles. The fourth-order valence-electron chi connectivity index (χ4n) is 3.88. The Morgan fingerprint density at radius 3 is 1.80 bits per heavy atom. The van der Waals surface area contributed by atoms with Crippen molar-refractivity contribution in [1.82, 2.24) is 0 Å². The van der Waals surface area contributed by atoms with E-state index in [1.165, 1.54) is 0 Å².